The van der Waals surface area contributed by atoms with E-state index in [-0.39, 0.29) is 5.69 Å². The monoisotopic (exact) mass is 333 g/mol. The third kappa shape index (κ3) is 4.36. The van der Waals surface area contributed by atoms with E-state index in [1.165, 1.54) is 6.07 Å². The first kappa shape index (κ1) is 16.6. The van der Waals surface area contributed by atoms with Gasteiger partial charge in [-0.05, 0) is 24.1 Å². The number of rotatable bonds is 5. The molecule has 0 unspecified atom stereocenters. The van der Waals surface area contributed by atoms with Gasteiger partial charge in [0.15, 0.2) is 5.75 Å². The van der Waals surface area contributed by atoms with E-state index in [2.05, 4.69) is 18.1 Å². The molecule has 2 aromatic carbocycles. The SMILES string of the molecule is O=C(NCCc1ccccc1)N(S)c1ccc(O)c([N+](=O)[O-])c1. The number of nitro groups is 1. The first-order chi connectivity index (χ1) is 11.0. The Bertz CT molecular complexity index is 709. The zero-order chi connectivity index (χ0) is 16.8. The summed E-state index contributed by atoms with van der Waals surface area (Å²) in [6.07, 6.45) is 0.657. The molecule has 2 N–H and O–H groups in total. The van der Waals surface area contributed by atoms with Gasteiger partial charge in [-0.3, -0.25) is 10.1 Å². The molecular formula is C15H15N3O4S. The van der Waals surface area contributed by atoms with Crippen molar-refractivity contribution >= 4 is 30.2 Å². The Balaban J connectivity index is 1.97. The molecule has 7 nitrogen and oxygen atoms in total. The number of carbonyl (C=O) groups is 1. The lowest BCUT2D eigenvalue weighted by molar-refractivity contribution is -0.385. The minimum atomic E-state index is -0.728. The molecule has 120 valence electrons. The Labute approximate surface area is 138 Å². The number of nitrogens with zero attached hydrogens (tertiary/aromatic N) is 2. The van der Waals surface area contributed by atoms with Crippen LogP contribution < -0.4 is 9.62 Å². The van der Waals surface area contributed by atoms with Crippen LogP contribution in [0.5, 0.6) is 5.75 Å². The van der Waals surface area contributed by atoms with Crippen molar-refractivity contribution in [1.29, 1.82) is 0 Å². The third-order valence-corrected chi connectivity index (χ3v) is 3.54. The molecule has 0 radical (unpaired) electrons. The second-order valence-electron chi connectivity index (χ2n) is 4.71. The normalized spacial score (nSPS) is 10.1. The van der Waals surface area contributed by atoms with Gasteiger partial charge in [0.25, 0.3) is 0 Å². The van der Waals surface area contributed by atoms with Gasteiger partial charge in [-0.15, -0.1) is 0 Å². The zero-order valence-electron chi connectivity index (χ0n) is 12.0. The van der Waals surface area contributed by atoms with Crippen molar-refractivity contribution < 1.29 is 14.8 Å². The quantitative estimate of drug-likeness (QED) is 0.445. The highest BCUT2D eigenvalue weighted by molar-refractivity contribution is 7.82. The number of hydrogen-bond donors (Lipinski definition) is 3. The second kappa shape index (κ2) is 7.50. The lowest BCUT2D eigenvalue weighted by Crippen LogP contribution is -2.35. The molecule has 0 saturated carbocycles. The van der Waals surface area contributed by atoms with Crippen molar-refractivity contribution in [2.45, 2.75) is 6.42 Å². The number of urea groups is 1. The lowest BCUT2D eigenvalue weighted by Gasteiger charge is -2.16. The number of benzene rings is 2. The molecule has 0 aromatic heterocycles. The molecule has 23 heavy (non-hydrogen) atoms. The van der Waals surface area contributed by atoms with E-state index in [1.807, 2.05) is 30.3 Å². The Morgan fingerprint density at radius 3 is 2.61 bits per heavy atom. The summed E-state index contributed by atoms with van der Waals surface area (Å²) in [5.41, 5.74) is 0.785. The number of thiol groups is 1. The number of phenolic OH excluding ortho intramolecular Hbond substituents is 1. The fourth-order valence-corrected chi connectivity index (χ4v) is 2.14. The van der Waals surface area contributed by atoms with E-state index in [0.29, 0.717) is 13.0 Å². The van der Waals surface area contributed by atoms with Gasteiger partial charge in [0.05, 0.1) is 10.6 Å². The highest BCUT2D eigenvalue weighted by Gasteiger charge is 2.18. The summed E-state index contributed by atoms with van der Waals surface area (Å²) >= 11 is 4.04. The molecule has 0 aliphatic carbocycles. The summed E-state index contributed by atoms with van der Waals surface area (Å²) in [6.45, 7) is 0.403. The summed E-state index contributed by atoms with van der Waals surface area (Å²) < 4.78 is 0.956. The Kier molecular flexibility index (Phi) is 5.42. The molecule has 0 saturated heterocycles. The minimum Gasteiger partial charge on any atom is -0.502 e. The molecule has 0 aliphatic heterocycles. The van der Waals surface area contributed by atoms with Crippen molar-refractivity contribution in [2.24, 2.45) is 0 Å². The summed E-state index contributed by atoms with van der Waals surface area (Å²) in [6, 6.07) is 12.7. The van der Waals surface area contributed by atoms with Gasteiger partial charge in [-0.2, -0.15) is 0 Å². The van der Waals surface area contributed by atoms with Crippen molar-refractivity contribution in [1.82, 2.24) is 5.32 Å². The van der Waals surface area contributed by atoms with Crippen molar-refractivity contribution in [3.05, 3.63) is 64.2 Å². The summed E-state index contributed by atoms with van der Waals surface area (Å²) in [4.78, 5) is 22.1. The first-order valence-corrected chi connectivity index (χ1v) is 7.17. The topological polar surface area (TPSA) is 95.7 Å². The van der Waals surface area contributed by atoms with Gasteiger partial charge >= 0.3 is 11.7 Å². The fourth-order valence-electron chi connectivity index (χ4n) is 1.94. The van der Waals surface area contributed by atoms with Crippen LogP contribution in [0, 0.1) is 10.1 Å². The maximum Gasteiger partial charge on any atom is 0.331 e. The van der Waals surface area contributed by atoms with E-state index in [0.717, 1.165) is 22.0 Å². The smallest absolute Gasteiger partial charge is 0.331 e. The van der Waals surface area contributed by atoms with E-state index < -0.39 is 22.4 Å². The third-order valence-electron chi connectivity index (χ3n) is 3.13. The number of hydrogen-bond acceptors (Lipinski definition) is 5. The van der Waals surface area contributed by atoms with Crippen LogP contribution in [0.25, 0.3) is 0 Å². The van der Waals surface area contributed by atoms with E-state index in [4.69, 9.17) is 0 Å². The molecule has 0 fully saturated rings. The average molecular weight is 333 g/mol. The maximum atomic E-state index is 12.0. The highest BCUT2D eigenvalue weighted by Crippen LogP contribution is 2.31. The predicted octanol–water partition coefficient (Wildman–Crippen LogP) is 2.90. The summed E-state index contributed by atoms with van der Waals surface area (Å²) in [5.74, 6) is -0.468. The molecule has 0 aliphatic rings. The number of phenols is 1. The van der Waals surface area contributed by atoms with Crippen LogP contribution in [-0.4, -0.2) is 22.6 Å². The molecular weight excluding hydrogens is 318 g/mol. The van der Waals surface area contributed by atoms with Crippen LogP contribution in [0.15, 0.2) is 48.5 Å². The number of carbonyl (C=O) groups excluding carboxylic acids is 1. The van der Waals surface area contributed by atoms with E-state index in [9.17, 15) is 20.0 Å². The van der Waals surface area contributed by atoms with Gasteiger partial charge in [0.2, 0.25) is 0 Å². The van der Waals surface area contributed by atoms with Crippen LogP contribution in [-0.2, 0) is 6.42 Å². The van der Waals surface area contributed by atoms with Gasteiger partial charge in [-0.25, -0.2) is 9.10 Å². The van der Waals surface area contributed by atoms with Gasteiger partial charge in [-0.1, -0.05) is 43.1 Å². The van der Waals surface area contributed by atoms with E-state index >= 15 is 0 Å². The number of nitrogens with one attached hydrogen (secondary N) is 1. The van der Waals surface area contributed by atoms with Gasteiger partial charge in [0.1, 0.15) is 0 Å². The van der Waals surface area contributed by atoms with Crippen LogP contribution in [0.1, 0.15) is 5.56 Å². The molecule has 2 rings (SSSR count). The molecule has 0 atom stereocenters. The second-order valence-corrected chi connectivity index (χ2v) is 5.11. The van der Waals surface area contributed by atoms with Gasteiger partial charge in [0, 0.05) is 12.6 Å². The number of amides is 2. The van der Waals surface area contributed by atoms with Crippen molar-refractivity contribution in [3.63, 3.8) is 0 Å². The highest BCUT2D eigenvalue weighted by atomic mass is 32.1. The molecule has 0 spiro atoms. The Morgan fingerprint density at radius 2 is 1.96 bits per heavy atom. The number of aromatic hydroxyl groups is 1. The molecule has 2 aromatic rings. The van der Waals surface area contributed by atoms with Crippen LogP contribution in [0.2, 0.25) is 0 Å². The van der Waals surface area contributed by atoms with Crippen LogP contribution in [0.3, 0.4) is 0 Å². The fraction of sp³-hybridized carbons (Fsp3) is 0.133. The van der Waals surface area contributed by atoms with Gasteiger partial charge < -0.3 is 10.4 Å². The average Bonchev–Trinajstić information content (AvgIpc) is 2.55. The first-order valence-electron chi connectivity index (χ1n) is 6.77. The number of nitro benzene ring substituents is 1. The molecule has 8 heteroatoms. The Hall–Kier alpha value is -2.74. The Morgan fingerprint density at radius 1 is 1.26 bits per heavy atom. The van der Waals surface area contributed by atoms with Crippen LogP contribution >= 0.6 is 12.8 Å². The largest absolute Gasteiger partial charge is 0.502 e. The summed E-state index contributed by atoms with van der Waals surface area (Å²) in [5, 5.41) is 22.9. The molecule has 0 heterocycles. The predicted molar refractivity (Wildman–Crippen MR) is 89.8 cm³/mol. The minimum absolute atomic E-state index is 0.190. The maximum absolute atomic E-state index is 12.0. The van der Waals surface area contributed by atoms with Crippen LogP contribution in [0.4, 0.5) is 16.2 Å². The number of anilines is 1. The van der Waals surface area contributed by atoms with E-state index in [1.54, 1.807) is 0 Å². The standard InChI is InChI=1S/C15H15N3O4S/c19-14-7-6-12(10-13(14)18(21)22)17(23)15(20)16-9-8-11-4-2-1-3-5-11/h1-7,10,19,23H,8-9H2,(H,16,20). The van der Waals surface area contributed by atoms with Crippen molar-refractivity contribution in [3.8, 4) is 5.75 Å². The molecule has 0 bridgehead atoms. The molecule has 2 amide bonds. The van der Waals surface area contributed by atoms with Crippen molar-refractivity contribution in [2.75, 3.05) is 10.8 Å². The lowest BCUT2D eigenvalue weighted by atomic mass is 10.1. The summed E-state index contributed by atoms with van der Waals surface area (Å²) in [7, 11) is 0. The zero-order valence-corrected chi connectivity index (χ0v) is 12.9.